The van der Waals surface area contributed by atoms with Gasteiger partial charge in [0.25, 0.3) is 0 Å². The normalized spacial score (nSPS) is 31.9. The summed E-state index contributed by atoms with van der Waals surface area (Å²) in [6.07, 6.45) is -5.04. The van der Waals surface area contributed by atoms with E-state index in [1.807, 2.05) is 19.9 Å². The van der Waals surface area contributed by atoms with Crippen molar-refractivity contribution in [2.24, 2.45) is 23.2 Å². The van der Waals surface area contributed by atoms with Gasteiger partial charge in [-0.25, -0.2) is 4.39 Å². The molecule has 1 aromatic carbocycles. The lowest BCUT2D eigenvalue weighted by Gasteiger charge is -2.56. The molecule has 4 rings (SSSR count). The van der Waals surface area contributed by atoms with Crippen molar-refractivity contribution in [1.29, 1.82) is 0 Å². The molecule has 0 heterocycles. The second kappa shape index (κ2) is 14.0. The average Bonchev–Trinajstić information content (AvgIpc) is 3.21. The molecule has 14 heteroatoms. The number of phenolic OH excluding ortho intramolecular Hbond substituents is 1. The van der Waals surface area contributed by atoms with Crippen LogP contribution in [0.25, 0.3) is 0 Å². The number of hydrogen-bond acceptors (Lipinski definition) is 3. The van der Waals surface area contributed by atoms with Crippen LogP contribution in [0.2, 0.25) is 0 Å². The van der Waals surface area contributed by atoms with Crippen LogP contribution in [0.1, 0.15) is 108 Å². The highest BCUT2D eigenvalue weighted by molar-refractivity contribution is 5.41. The highest BCUT2D eigenvalue weighted by atomic mass is 19.4. The maximum Gasteiger partial charge on any atom is 0.460 e. The molecule has 4 nitrogen and oxygen atoms in total. The Morgan fingerprint density at radius 3 is 2.08 bits per heavy atom. The zero-order valence-corrected chi connectivity index (χ0v) is 28.3. The SMILES string of the molecule is C[C@]1(O)CC[C@H]2[C@@H]3[C@H](CCCCC[N+](C)([O-])CCCCCCC(F)(F)C(F)(F)C(F)(F)C(F)(F)F)Cc4cc(O)ccc4[C@H]3[C@@H](F)C[C@@]21C. The second-order valence-electron chi connectivity index (χ2n) is 15.6. The Kier molecular flexibility index (Phi) is 11.4. The van der Waals surface area contributed by atoms with Crippen LogP contribution in [-0.4, -0.2) is 70.7 Å². The summed E-state index contributed by atoms with van der Waals surface area (Å²) in [5.74, 6) is -18.9. The molecule has 2 saturated carbocycles. The number of hydrogen-bond donors (Lipinski definition) is 2. The largest absolute Gasteiger partial charge is 0.633 e. The third kappa shape index (κ3) is 7.71. The van der Waals surface area contributed by atoms with E-state index in [2.05, 4.69) is 0 Å². The summed E-state index contributed by atoms with van der Waals surface area (Å²) in [5, 5.41) is 34.4. The maximum atomic E-state index is 16.1. The molecule has 0 saturated heterocycles. The number of aliphatic hydroxyl groups is 1. The first kappa shape index (κ1) is 40.0. The zero-order valence-electron chi connectivity index (χ0n) is 28.3. The first-order valence-electron chi connectivity index (χ1n) is 17.3. The molecule has 0 radical (unpaired) electrons. The molecular formula is C35H49F10NO3. The van der Waals surface area contributed by atoms with Crippen molar-refractivity contribution in [2.45, 2.75) is 139 Å². The van der Waals surface area contributed by atoms with E-state index in [-0.39, 0.29) is 68.2 Å². The van der Waals surface area contributed by atoms with Crippen molar-refractivity contribution < 1.29 is 58.8 Å². The van der Waals surface area contributed by atoms with Crippen LogP contribution in [0.15, 0.2) is 18.2 Å². The van der Waals surface area contributed by atoms with Crippen molar-refractivity contribution >= 4 is 0 Å². The molecule has 0 bridgehead atoms. The zero-order chi connectivity index (χ0) is 36.8. The first-order valence-corrected chi connectivity index (χ1v) is 17.3. The van der Waals surface area contributed by atoms with Crippen molar-refractivity contribution in [3.63, 3.8) is 0 Å². The molecule has 0 aliphatic heterocycles. The fraction of sp³-hybridized carbons (Fsp3) is 0.829. The molecular weight excluding hydrogens is 672 g/mol. The molecule has 2 fully saturated rings. The number of alkyl halides is 10. The molecule has 0 amide bonds. The minimum atomic E-state index is -6.88. The van der Waals surface area contributed by atoms with Gasteiger partial charge in [0.05, 0.1) is 25.7 Å². The van der Waals surface area contributed by atoms with E-state index < -0.39 is 58.6 Å². The summed E-state index contributed by atoms with van der Waals surface area (Å²) in [6, 6.07) is 5.16. The Hall–Kier alpha value is -1.80. The number of nitrogens with zero attached hydrogens (tertiary/aromatic N) is 1. The number of aromatic hydroxyl groups is 1. The minimum Gasteiger partial charge on any atom is -0.633 e. The monoisotopic (exact) mass is 721 g/mol. The summed E-state index contributed by atoms with van der Waals surface area (Å²) in [6.45, 7) is 4.16. The number of halogens is 10. The van der Waals surface area contributed by atoms with E-state index >= 15 is 4.39 Å². The number of fused-ring (bicyclic) bond motifs is 5. The standard InChI is InChI=1S/C35H49F10NO3/c1-30-21-27(36)29-25-13-12-24(47)20-23(25)19-22(28(29)26(30)14-16-31(30,2)48)11-7-6-10-18-46(3,49)17-9-5-4-8-15-32(37,38)33(39,40)34(41,42)35(43,44)45/h12-13,20,22,26-29,47-48H,4-11,14-19,21H2,1-3H3/t22-,26+,27+,28+,29+,30+,31+,46?/m1/s1. The van der Waals surface area contributed by atoms with Crippen LogP contribution < -0.4 is 0 Å². The highest BCUT2D eigenvalue weighted by Crippen LogP contribution is 2.66. The van der Waals surface area contributed by atoms with Crippen molar-refractivity contribution in [2.75, 3.05) is 20.1 Å². The van der Waals surface area contributed by atoms with E-state index in [9.17, 15) is 54.9 Å². The second-order valence-corrected chi connectivity index (χ2v) is 15.6. The molecule has 1 unspecified atom stereocenters. The molecule has 3 aliphatic rings. The number of quaternary nitrogens is 1. The summed E-state index contributed by atoms with van der Waals surface area (Å²) in [7, 11) is 1.44. The van der Waals surface area contributed by atoms with Gasteiger partial charge in [0.1, 0.15) is 11.9 Å². The summed E-state index contributed by atoms with van der Waals surface area (Å²) in [5.41, 5.74) is 0.379. The highest BCUT2D eigenvalue weighted by Gasteiger charge is 2.81. The maximum absolute atomic E-state index is 16.1. The van der Waals surface area contributed by atoms with Crippen molar-refractivity contribution in [1.82, 2.24) is 0 Å². The Morgan fingerprint density at radius 1 is 0.878 bits per heavy atom. The Labute approximate surface area is 281 Å². The molecule has 282 valence electrons. The molecule has 49 heavy (non-hydrogen) atoms. The van der Waals surface area contributed by atoms with Gasteiger partial charge in [-0.05, 0) is 112 Å². The third-order valence-electron chi connectivity index (χ3n) is 12.2. The van der Waals surface area contributed by atoms with E-state index in [4.69, 9.17) is 0 Å². The number of rotatable bonds is 15. The predicted octanol–water partition coefficient (Wildman–Crippen LogP) is 10.1. The lowest BCUT2D eigenvalue weighted by atomic mass is 9.50. The van der Waals surface area contributed by atoms with Gasteiger partial charge in [-0.15, -0.1) is 0 Å². The number of hydroxylamine groups is 3. The predicted molar refractivity (Wildman–Crippen MR) is 164 cm³/mol. The average molecular weight is 722 g/mol. The van der Waals surface area contributed by atoms with E-state index in [0.29, 0.717) is 19.3 Å². The van der Waals surface area contributed by atoms with Gasteiger partial charge in [0, 0.05) is 17.8 Å². The topological polar surface area (TPSA) is 63.5 Å². The molecule has 1 aromatic rings. The van der Waals surface area contributed by atoms with Crippen LogP contribution in [0.4, 0.5) is 43.9 Å². The third-order valence-corrected chi connectivity index (χ3v) is 12.2. The Morgan fingerprint density at radius 2 is 1.47 bits per heavy atom. The van der Waals surface area contributed by atoms with Gasteiger partial charge >= 0.3 is 23.9 Å². The molecule has 8 atom stereocenters. The fourth-order valence-electron chi connectivity index (χ4n) is 9.14. The van der Waals surface area contributed by atoms with Crippen LogP contribution in [0.3, 0.4) is 0 Å². The van der Waals surface area contributed by atoms with Crippen LogP contribution in [0.5, 0.6) is 5.75 Å². The van der Waals surface area contributed by atoms with Crippen molar-refractivity contribution in [3.05, 3.63) is 34.5 Å². The van der Waals surface area contributed by atoms with E-state index in [1.54, 1.807) is 12.1 Å². The van der Waals surface area contributed by atoms with Gasteiger partial charge in [0.15, 0.2) is 0 Å². The van der Waals surface area contributed by atoms with Crippen LogP contribution >= 0.6 is 0 Å². The Balaban J connectivity index is 1.23. The summed E-state index contributed by atoms with van der Waals surface area (Å²) in [4.78, 5) is 0. The minimum absolute atomic E-state index is 0.0348. The van der Waals surface area contributed by atoms with E-state index in [1.165, 1.54) is 7.05 Å². The number of benzene rings is 1. The lowest BCUT2D eigenvalue weighted by Crippen LogP contribution is -2.60. The van der Waals surface area contributed by atoms with E-state index in [0.717, 1.165) is 36.8 Å². The molecule has 0 aromatic heterocycles. The molecule has 2 N–H and O–H groups in total. The summed E-state index contributed by atoms with van der Waals surface area (Å²) >= 11 is 0. The molecule has 3 aliphatic carbocycles. The van der Waals surface area contributed by atoms with Gasteiger partial charge < -0.3 is 20.1 Å². The van der Waals surface area contributed by atoms with Gasteiger partial charge in [0.2, 0.25) is 0 Å². The quantitative estimate of drug-likeness (QED) is 0.0821. The Bertz CT molecular complexity index is 1290. The van der Waals surface area contributed by atoms with Crippen molar-refractivity contribution in [3.8, 4) is 5.75 Å². The van der Waals surface area contributed by atoms with Gasteiger partial charge in [-0.2, -0.15) is 39.5 Å². The fourth-order valence-corrected chi connectivity index (χ4v) is 9.14. The van der Waals surface area contributed by atoms with Gasteiger partial charge in [-0.1, -0.05) is 25.8 Å². The van der Waals surface area contributed by atoms with Crippen LogP contribution in [0, 0.1) is 28.4 Å². The summed E-state index contributed by atoms with van der Waals surface area (Å²) < 4.78 is 133. The lowest BCUT2D eigenvalue weighted by molar-refractivity contribution is -0.861. The smallest absolute Gasteiger partial charge is 0.460 e. The molecule has 0 spiro atoms. The number of unbranched alkanes of at least 4 members (excludes halogenated alkanes) is 5. The van der Waals surface area contributed by atoms with Crippen LogP contribution in [-0.2, 0) is 6.42 Å². The first-order chi connectivity index (χ1) is 22.4. The van der Waals surface area contributed by atoms with Gasteiger partial charge in [-0.3, -0.25) is 0 Å². The number of phenols is 1.